The second kappa shape index (κ2) is 8.05. The molecule has 26 heavy (non-hydrogen) atoms. The predicted octanol–water partition coefficient (Wildman–Crippen LogP) is 2.62. The molecule has 136 valence electrons. The van der Waals surface area contributed by atoms with Crippen molar-refractivity contribution in [1.29, 1.82) is 0 Å². The normalized spacial score (nSPS) is 10.7. The molecule has 0 spiro atoms. The predicted molar refractivity (Wildman–Crippen MR) is 102 cm³/mol. The smallest absolute Gasteiger partial charge is 0.229 e. The number of hydrogen-bond acceptors (Lipinski definition) is 9. The molecule has 3 rings (SSSR count). The Kier molecular flexibility index (Phi) is 5.57. The van der Waals surface area contributed by atoms with Crippen LogP contribution in [-0.4, -0.2) is 41.1 Å². The molecule has 1 aromatic carbocycles. The summed E-state index contributed by atoms with van der Waals surface area (Å²) in [7, 11) is 5.36. The molecule has 2 N–H and O–H groups in total. The highest BCUT2D eigenvalue weighted by atomic mass is 32.2. The number of hydrogen-bond donors (Lipinski definition) is 1. The molecule has 0 aliphatic carbocycles. The summed E-state index contributed by atoms with van der Waals surface area (Å²) in [6.45, 7) is 0. The van der Waals surface area contributed by atoms with Crippen LogP contribution in [0.1, 0.15) is 11.5 Å². The fourth-order valence-corrected chi connectivity index (χ4v) is 2.93. The summed E-state index contributed by atoms with van der Waals surface area (Å²) in [5.41, 5.74) is 7.50. The van der Waals surface area contributed by atoms with Crippen LogP contribution in [0.15, 0.2) is 34.9 Å². The Hall–Kier alpha value is -2.81. The average Bonchev–Trinajstić information content (AvgIpc) is 3.10. The van der Waals surface area contributed by atoms with Crippen molar-refractivity contribution in [2.24, 2.45) is 0 Å². The van der Waals surface area contributed by atoms with E-state index in [1.54, 1.807) is 30.0 Å². The lowest BCUT2D eigenvalue weighted by Crippen LogP contribution is -2.15. The second-order valence-corrected chi connectivity index (χ2v) is 6.66. The number of nitrogen functional groups attached to an aromatic ring is 1. The maximum absolute atomic E-state index is 5.73. The van der Waals surface area contributed by atoms with Gasteiger partial charge in [-0.05, 0) is 24.3 Å². The van der Waals surface area contributed by atoms with E-state index in [2.05, 4.69) is 19.9 Å². The van der Waals surface area contributed by atoms with E-state index in [4.69, 9.17) is 14.9 Å². The standard InChI is InChI=1S/C17H20N6O2S/c1-23(2)17-21-14(20-16(18)22-17)10-26-9-12-8-25-15(19-12)11-4-6-13(24-3)7-5-11/h4-8H,9-10H2,1-3H3,(H2,18,20,21,22). The molecule has 0 saturated carbocycles. The topological polar surface area (TPSA) is 103 Å². The van der Waals surface area contributed by atoms with Crippen molar-refractivity contribution in [3.05, 3.63) is 42.0 Å². The second-order valence-electron chi connectivity index (χ2n) is 5.67. The first-order valence-corrected chi connectivity index (χ1v) is 9.05. The molecule has 0 amide bonds. The summed E-state index contributed by atoms with van der Waals surface area (Å²) in [6.07, 6.45) is 1.67. The van der Waals surface area contributed by atoms with Crippen LogP contribution in [0.2, 0.25) is 0 Å². The van der Waals surface area contributed by atoms with Gasteiger partial charge >= 0.3 is 0 Å². The van der Waals surface area contributed by atoms with E-state index in [0.717, 1.165) is 17.0 Å². The van der Waals surface area contributed by atoms with Gasteiger partial charge in [-0.1, -0.05) is 0 Å². The summed E-state index contributed by atoms with van der Waals surface area (Å²) in [5, 5.41) is 0. The Morgan fingerprint density at radius 3 is 2.54 bits per heavy atom. The summed E-state index contributed by atoms with van der Waals surface area (Å²) < 4.78 is 10.7. The van der Waals surface area contributed by atoms with E-state index in [-0.39, 0.29) is 5.95 Å². The minimum Gasteiger partial charge on any atom is -0.497 e. The number of ether oxygens (including phenoxy) is 1. The van der Waals surface area contributed by atoms with Crippen molar-refractivity contribution in [2.45, 2.75) is 11.5 Å². The largest absolute Gasteiger partial charge is 0.497 e. The van der Waals surface area contributed by atoms with E-state index in [1.165, 1.54) is 0 Å². The highest BCUT2D eigenvalue weighted by molar-refractivity contribution is 7.97. The number of nitrogens with two attached hydrogens (primary N) is 1. The van der Waals surface area contributed by atoms with Gasteiger partial charge in [0.25, 0.3) is 0 Å². The SMILES string of the molecule is COc1ccc(-c2nc(CSCc3nc(N)nc(N(C)C)n3)co2)cc1. The number of rotatable bonds is 7. The third-order valence-electron chi connectivity index (χ3n) is 3.46. The highest BCUT2D eigenvalue weighted by Gasteiger charge is 2.09. The first kappa shape index (κ1) is 18.0. The van der Waals surface area contributed by atoms with Crippen molar-refractivity contribution in [2.75, 3.05) is 31.8 Å². The van der Waals surface area contributed by atoms with Gasteiger partial charge in [-0.2, -0.15) is 15.0 Å². The number of benzene rings is 1. The lowest BCUT2D eigenvalue weighted by atomic mass is 10.2. The molecule has 0 unspecified atom stereocenters. The van der Waals surface area contributed by atoms with Crippen molar-refractivity contribution in [1.82, 2.24) is 19.9 Å². The van der Waals surface area contributed by atoms with Gasteiger partial charge in [-0.3, -0.25) is 0 Å². The first-order chi connectivity index (χ1) is 12.5. The van der Waals surface area contributed by atoms with Crippen LogP contribution in [0, 0.1) is 0 Å². The van der Waals surface area contributed by atoms with Crippen LogP contribution >= 0.6 is 11.8 Å². The highest BCUT2D eigenvalue weighted by Crippen LogP contribution is 2.24. The van der Waals surface area contributed by atoms with Crippen LogP contribution < -0.4 is 15.4 Å². The van der Waals surface area contributed by atoms with Crippen LogP contribution in [-0.2, 0) is 11.5 Å². The number of nitrogens with zero attached hydrogens (tertiary/aromatic N) is 5. The number of oxazole rings is 1. The van der Waals surface area contributed by atoms with Crippen molar-refractivity contribution in [3.63, 3.8) is 0 Å². The number of thioether (sulfide) groups is 1. The molecule has 2 aromatic heterocycles. The molecule has 9 heteroatoms. The zero-order valence-corrected chi connectivity index (χ0v) is 15.7. The molecular weight excluding hydrogens is 352 g/mol. The molecule has 0 fully saturated rings. The van der Waals surface area contributed by atoms with E-state index in [9.17, 15) is 0 Å². The Bertz CT molecular complexity index is 866. The molecule has 3 aromatic rings. The van der Waals surface area contributed by atoms with E-state index < -0.39 is 0 Å². The number of methoxy groups -OCH3 is 1. The van der Waals surface area contributed by atoms with Gasteiger partial charge in [-0.25, -0.2) is 4.98 Å². The first-order valence-electron chi connectivity index (χ1n) is 7.89. The Balaban J connectivity index is 1.60. The monoisotopic (exact) mass is 372 g/mol. The third-order valence-corrected chi connectivity index (χ3v) is 4.42. The van der Waals surface area contributed by atoms with Crippen LogP contribution in [0.5, 0.6) is 5.75 Å². The van der Waals surface area contributed by atoms with E-state index in [1.807, 2.05) is 38.4 Å². The summed E-state index contributed by atoms with van der Waals surface area (Å²) in [5.74, 6) is 4.09. The fraction of sp³-hybridized carbons (Fsp3) is 0.294. The summed E-state index contributed by atoms with van der Waals surface area (Å²) in [4.78, 5) is 18.9. The van der Waals surface area contributed by atoms with Crippen molar-refractivity contribution in [3.8, 4) is 17.2 Å². The van der Waals surface area contributed by atoms with Crippen LogP contribution in [0.3, 0.4) is 0 Å². The van der Waals surface area contributed by atoms with E-state index >= 15 is 0 Å². The molecule has 2 heterocycles. The van der Waals surface area contributed by atoms with Gasteiger partial charge in [0.1, 0.15) is 17.8 Å². The fourth-order valence-electron chi connectivity index (χ4n) is 2.18. The Labute approximate surface area is 155 Å². The number of anilines is 2. The molecule has 8 nitrogen and oxygen atoms in total. The summed E-state index contributed by atoms with van der Waals surface area (Å²) >= 11 is 1.63. The van der Waals surface area contributed by atoms with Gasteiger partial charge in [0.05, 0.1) is 18.6 Å². The number of aromatic nitrogens is 4. The van der Waals surface area contributed by atoms with E-state index in [0.29, 0.717) is 29.2 Å². The molecule has 0 atom stereocenters. The van der Waals surface area contributed by atoms with Gasteiger partial charge in [-0.15, -0.1) is 11.8 Å². The average molecular weight is 372 g/mol. The molecule has 0 saturated heterocycles. The minimum absolute atomic E-state index is 0.225. The van der Waals surface area contributed by atoms with Crippen molar-refractivity contribution < 1.29 is 9.15 Å². The Morgan fingerprint density at radius 2 is 1.85 bits per heavy atom. The van der Waals surface area contributed by atoms with Crippen molar-refractivity contribution >= 4 is 23.7 Å². The van der Waals surface area contributed by atoms with Gasteiger partial charge in [0.2, 0.25) is 17.8 Å². The molecule has 0 bridgehead atoms. The van der Waals surface area contributed by atoms with Gasteiger partial charge in [0, 0.05) is 25.4 Å². The zero-order chi connectivity index (χ0) is 18.5. The summed E-state index contributed by atoms with van der Waals surface area (Å²) in [6, 6.07) is 7.58. The molecule has 0 radical (unpaired) electrons. The molecular formula is C17H20N6O2S. The van der Waals surface area contributed by atoms with Crippen LogP contribution in [0.25, 0.3) is 11.5 Å². The van der Waals surface area contributed by atoms with Gasteiger partial charge < -0.3 is 19.8 Å². The third kappa shape index (κ3) is 4.42. The van der Waals surface area contributed by atoms with Crippen LogP contribution in [0.4, 0.5) is 11.9 Å². The van der Waals surface area contributed by atoms with Gasteiger partial charge in [0.15, 0.2) is 0 Å². The maximum atomic E-state index is 5.73. The maximum Gasteiger partial charge on any atom is 0.229 e. The zero-order valence-electron chi connectivity index (χ0n) is 14.8. The minimum atomic E-state index is 0.225. The lowest BCUT2D eigenvalue weighted by molar-refractivity contribution is 0.415. The quantitative estimate of drug-likeness (QED) is 0.670. The lowest BCUT2D eigenvalue weighted by Gasteiger charge is -2.11. The Morgan fingerprint density at radius 1 is 1.08 bits per heavy atom. The molecule has 0 aliphatic rings. The molecule has 0 aliphatic heterocycles.